The Bertz CT molecular complexity index is 1010. The summed E-state index contributed by atoms with van der Waals surface area (Å²) in [5, 5.41) is 11.6. The fourth-order valence-electron chi connectivity index (χ4n) is 2.20. The number of benzene rings is 2. The minimum absolute atomic E-state index is 0.108. The number of aromatic nitrogens is 2. The smallest absolute Gasteiger partial charge is 0.471 e. The lowest BCUT2D eigenvalue weighted by atomic mass is 10.2. The van der Waals surface area contributed by atoms with Crippen molar-refractivity contribution in [3.63, 3.8) is 0 Å². The fraction of sp³-hybridized carbons (Fsp3) is 0.111. The van der Waals surface area contributed by atoms with Crippen LogP contribution in [0.4, 0.5) is 24.9 Å². The van der Waals surface area contributed by atoms with Gasteiger partial charge in [0.2, 0.25) is 5.89 Å². The molecule has 0 saturated carbocycles. The van der Waals surface area contributed by atoms with Gasteiger partial charge in [0.15, 0.2) is 0 Å². The van der Waals surface area contributed by atoms with E-state index in [1.165, 1.54) is 19.2 Å². The molecule has 0 fully saturated rings. The zero-order chi connectivity index (χ0) is 21.0. The van der Waals surface area contributed by atoms with Crippen LogP contribution in [0.5, 0.6) is 5.75 Å². The molecule has 3 rings (SSSR count). The molecule has 0 aliphatic rings. The zero-order valence-electron chi connectivity index (χ0n) is 14.8. The maximum atomic E-state index is 12.2. The molecule has 0 aliphatic heterocycles. The second-order valence-electron chi connectivity index (χ2n) is 5.62. The van der Waals surface area contributed by atoms with Crippen molar-refractivity contribution in [1.82, 2.24) is 10.2 Å². The molecule has 29 heavy (non-hydrogen) atoms. The normalized spacial score (nSPS) is 11.0. The van der Waals surface area contributed by atoms with Gasteiger partial charge in [0, 0.05) is 16.8 Å². The second-order valence-corrected chi connectivity index (χ2v) is 5.62. The van der Waals surface area contributed by atoms with E-state index >= 15 is 0 Å². The first kappa shape index (κ1) is 19.9. The quantitative estimate of drug-likeness (QED) is 0.672. The standard InChI is InChI=1S/C18H13F3N4O4/c1-28-13-8-4-11(5-9-13)15-24-25-17(29-15)23-14(26)10-2-6-12(7-3-10)22-16(27)18(19,20)21/h2-9H,1H3,(H,22,27)(H,23,25,26). The number of hydrogen-bond acceptors (Lipinski definition) is 6. The van der Waals surface area contributed by atoms with E-state index in [-0.39, 0.29) is 23.2 Å². The molecule has 1 heterocycles. The molecule has 0 radical (unpaired) electrons. The number of carbonyl (C=O) groups is 2. The lowest BCUT2D eigenvalue weighted by molar-refractivity contribution is -0.167. The number of rotatable bonds is 5. The van der Waals surface area contributed by atoms with Crippen molar-refractivity contribution < 1.29 is 31.9 Å². The number of alkyl halides is 3. The highest BCUT2D eigenvalue weighted by molar-refractivity contribution is 6.03. The number of halogens is 3. The highest BCUT2D eigenvalue weighted by atomic mass is 19.4. The first-order valence-electron chi connectivity index (χ1n) is 8.04. The van der Waals surface area contributed by atoms with Gasteiger partial charge >= 0.3 is 18.1 Å². The summed E-state index contributed by atoms with van der Waals surface area (Å²) in [5.74, 6) is -1.90. The highest BCUT2D eigenvalue weighted by Crippen LogP contribution is 2.23. The Morgan fingerprint density at radius 1 is 0.966 bits per heavy atom. The van der Waals surface area contributed by atoms with E-state index < -0.39 is 18.0 Å². The van der Waals surface area contributed by atoms with Crippen molar-refractivity contribution in [2.75, 3.05) is 17.7 Å². The summed E-state index contributed by atoms with van der Waals surface area (Å²) < 4.78 is 47.2. The molecule has 2 N–H and O–H groups in total. The lowest BCUT2D eigenvalue weighted by Crippen LogP contribution is -2.29. The van der Waals surface area contributed by atoms with Gasteiger partial charge in [-0.2, -0.15) is 13.2 Å². The van der Waals surface area contributed by atoms with Crippen molar-refractivity contribution in [2.45, 2.75) is 6.18 Å². The van der Waals surface area contributed by atoms with Crippen molar-refractivity contribution in [1.29, 1.82) is 0 Å². The van der Waals surface area contributed by atoms with Gasteiger partial charge in [0.1, 0.15) is 5.75 Å². The molecule has 0 bridgehead atoms. The summed E-state index contributed by atoms with van der Waals surface area (Å²) in [7, 11) is 1.53. The molecule has 0 aliphatic carbocycles. The van der Waals surface area contributed by atoms with Crippen LogP contribution in [0.2, 0.25) is 0 Å². The van der Waals surface area contributed by atoms with E-state index in [1.807, 2.05) is 0 Å². The molecule has 11 heteroatoms. The summed E-state index contributed by atoms with van der Waals surface area (Å²) >= 11 is 0. The summed E-state index contributed by atoms with van der Waals surface area (Å²) in [6.45, 7) is 0. The Hall–Kier alpha value is -3.89. The molecule has 0 unspecified atom stereocenters. The van der Waals surface area contributed by atoms with Crippen LogP contribution in [-0.2, 0) is 4.79 Å². The van der Waals surface area contributed by atoms with Gasteiger partial charge in [0.05, 0.1) is 7.11 Å². The Morgan fingerprint density at radius 3 is 2.21 bits per heavy atom. The zero-order valence-corrected chi connectivity index (χ0v) is 14.8. The predicted octanol–water partition coefficient (Wildman–Crippen LogP) is 3.50. The molecule has 2 amide bonds. The van der Waals surface area contributed by atoms with Gasteiger partial charge < -0.3 is 14.5 Å². The van der Waals surface area contributed by atoms with E-state index in [2.05, 4.69) is 15.5 Å². The monoisotopic (exact) mass is 406 g/mol. The van der Waals surface area contributed by atoms with Crippen LogP contribution in [-0.4, -0.2) is 35.3 Å². The summed E-state index contributed by atoms with van der Waals surface area (Å²) in [5.41, 5.74) is 0.617. The summed E-state index contributed by atoms with van der Waals surface area (Å²) in [4.78, 5) is 23.1. The van der Waals surface area contributed by atoms with Crippen LogP contribution >= 0.6 is 0 Å². The maximum Gasteiger partial charge on any atom is 0.471 e. The van der Waals surface area contributed by atoms with E-state index in [1.54, 1.807) is 29.6 Å². The first-order valence-corrected chi connectivity index (χ1v) is 8.04. The fourth-order valence-corrected chi connectivity index (χ4v) is 2.20. The maximum absolute atomic E-state index is 12.2. The molecule has 8 nitrogen and oxygen atoms in total. The summed E-state index contributed by atoms with van der Waals surface area (Å²) in [6.07, 6.45) is -5.00. The number of nitrogens with one attached hydrogen (secondary N) is 2. The molecule has 3 aromatic rings. The molecule has 0 atom stereocenters. The van der Waals surface area contributed by atoms with E-state index in [0.29, 0.717) is 11.3 Å². The minimum atomic E-state index is -5.00. The molecule has 150 valence electrons. The van der Waals surface area contributed by atoms with Crippen molar-refractivity contribution in [3.8, 4) is 17.2 Å². The van der Waals surface area contributed by atoms with Crippen molar-refractivity contribution in [2.24, 2.45) is 0 Å². The van der Waals surface area contributed by atoms with Crippen LogP contribution in [0.15, 0.2) is 52.9 Å². The Balaban J connectivity index is 1.64. The highest BCUT2D eigenvalue weighted by Gasteiger charge is 2.38. The SMILES string of the molecule is COc1ccc(-c2nnc(NC(=O)c3ccc(NC(=O)C(F)(F)F)cc3)o2)cc1. The molecule has 1 aromatic heterocycles. The van der Waals surface area contributed by atoms with Crippen LogP contribution in [0.1, 0.15) is 10.4 Å². The number of carbonyl (C=O) groups excluding carboxylic acids is 2. The van der Waals surface area contributed by atoms with Gasteiger partial charge in [-0.25, -0.2) is 0 Å². The third kappa shape index (κ3) is 4.89. The second kappa shape index (κ2) is 8.00. The Labute approximate surface area is 161 Å². The average Bonchev–Trinajstić information content (AvgIpc) is 3.16. The number of ether oxygens (including phenoxy) is 1. The molecular weight excluding hydrogens is 393 g/mol. The number of anilines is 2. The van der Waals surface area contributed by atoms with Crippen molar-refractivity contribution >= 4 is 23.5 Å². The lowest BCUT2D eigenvalue weighted by Gasteiger charge is -2.08. The largest absolute Gasteiger partial charge is 0.497 e. The molecule has 0 spiro atoms. The average molecular weight is 406 g/mol. The van der Waals surface area contributed by atoms with Crippen LogP contribution in [0, 0.1) is 0 Å². The molecule has 2 aromatic carbocycles. The van der Waals surface area contributed by atoms with Gasteiger partial charge in [-0.15, -0.1) is 5.10 Å². The minimum Gasteiger partial charge on any atom is -0.497 e. The number of methoxy groups -OCH3 is 1. The third-order valence-corrected chi connectivity index (χ3v) is 3.64. The van der Waals surface area contributed by atoms with Crippen LogP contribution < -0.4 is 15.4 Å². The van der Waals surface area contributed by atoms with Gasteiger partial charge in [-0.3, -0.25) is 14.9 Å². The topological polar surface area (TPSA) is 106 Å². The van der Waals surface area contributed by atoms with Crippen LogP contribution in [0.3, 0.4) is 0 Å². The summed E-state index contributed by atoms with van der Waals surface area (Å²) in [6, 6.07) is 11.5. The third-order valence-electron chi connectivity index (χ3n) is 3.64. The van der Waals surface area contributed by atoms with E-state index in [0.717, 1.165) is 12.1 Å². The molecular formula is C18H13F3N4O4. The van der Waals surface area contributed by atoms with Gasteiger partial charge in [-0.05, 0) is 48.5 Å². The number of amides is 2. The molecule has 0 saturated heterocycles. The Kier molecular flexibility index (Phi) is 5.48. The predicted molar refractivity (Wildman–Crippen MR) is 95.4 cm³/mol. The van der Waals surface area contributed by atoms with Gasteiger partial charge in [0.25, 0.3) is 5.91 Å². The number of nitrogens with zero attached hydrogens (tertiary/aromatic N) is 2. The van der Waals surface area contributed by atoms with Crippen LogP contribution in [0.25, 0.3) is 11.5 Å². The van der Waals surface area contributed by atoms with Crippen molar-refractivity contribution in [3.05, 3.63) is 54.1 Å². The first-order chi connectivity index (χ1) is 13.8. The van der Waals surface area contributed by atoms with Gasteiger partial charge in [-0.1, -0.05) is 5.10 Å². The number of hydrogen-bond donors (Lipinski definition) is 2. The van der Waals surface area contributed by atoms with E-state index in [4.69, 9.17) is 9.15 Å². The Morgan fingerprint density at radius 2 is 1.62 bits per heavy atom. The van der Waals surface area contributed by atoms with E-state index in [9.17, 15) is 22.8 Å².